The number of aryl methyl sites for hydroxylation is 2. The van der Waals surface area contributed by atoms with Crippen molar-refractivity contribution < 1.29 is 4.79 Å². The summed E-state index contributed by atoms with van der Waals surface area (Å²) in [4.78, 5) is 30.6. The van der Waals surface area contributed by atoms with E-state index in [1.54, 1.807) is 18.9 Å². The molecule has 3 rings (SSSR count). The van der Waals surface area contributed by atoms with Crippen LogP contribution in [0.5, 0.6) is 0 Å². The van der Waals surface area contributed by atoms with Gasteiger partial charge in [-0.2, -0.15) is 0 Å². The number of rotatable bonds is 4. The molecule has 1 aromatic heterocycles. The first-order chi connectivity index (χ1) is 12.0. The molecule has 7 heteroatoms. The standard InChI is InChI=1S/C18H21ClN4O2/c1-12-21-16-11-23(10-14(16)17(24)22(12)2)18(25)20-9-5-7-13-6-3-4-8-15(13)19/h3-4,6,8H,5,7,9-11H2,1-2H3,(H,20,25). The number of aromatic nitrogens is 2. The number of nitrogens with one attached hydrogen (secondary N) is 1. The van der Waals surface area contributed by atoms with Gasteiger partial charge in [0.2, 0.25) is 0 Å². The van der Waals surface area contributed by atoms with Crippen LogP contribution < -0.4 is 10.9 Å². The SMILES string of the molecule is Cc1nc2c(c(=O)n1C)CN(C(=O)NCCCc1ccccc1Cl)C2. The highest BCUT2D eigenvalue weighted by atomic mass is 35.5. The highest BCUT2D eigenvalue weighted by Gasteiger charge is 2.27. The Bertz CT molecular complexity index is 863. The molecule has 0 saturated carbocycles. The van der Waals surface area contributed by atoms with E-state index >= 15 is 0 Å². The molecule has 0 radical (unpaired) electrons. The Morgan fingerprint density at radius 3 is 2.84 bits per heavy atom. The number of urea groups is 1. The van der Waals surface area contributed by atoms with Gasteiger partial charge in [-0.15, -0.1) is 0 Å². The molecule has 132 valence electrons. The fourth-order valence-corrected chi connectivity index (χ4v) is 3.19. The minimum absolute atomic E-state index is 0.0727. The lowest BCUT2D eigenvalue weighted by Crippen LogP contribution is -2.37. The van der Waals surface area contributed by atoms with E-state index in [9.17, 15) is 9.59 Å². The normalized spacial score (nSPS) is 13.0. The minimum Gasteiger partial charge on any atom is -0.338 e. The third-order valence-electron chi connectivity index (χ3n) is 4.53. The Morgan fingerprint density at radius 2 is 2.08 bits per heavy atom. The summed E-state index contributed by atoms with van der Waals surface area (Å²) in [5.41, 5.74) is 2.32. The van der Waals surface area contributed by atoms with E-state index in [1.807, 2.05) is 24.3 Å². The van der Waals surface area contributed by atoms with Gasteiger partial charge in [0.1, 0.15) is 5.82 Å². The minimum atomic E-state index is -0.170. The van der Waals surface area contributed by atoms with Crippen LogP contribution in [0, 0.1) is 6.92 Å². The Labute approximate surface area is 151 Å². The number of carbonyl (C=O) groups excluding carboxylic acids is 1. The number of carbonyl (C=O) groups is 1. The molecule has 1 aromatic carbocycles. The van der Waals surface area contributed by atoms with Gasteiger partial charge in [0.25, 0.3) is 5.56 Å². The fraction of sp³-hybridized carbons (Fsp3) is 0.389. The molecule has 25 heavy (non-hydrogen) atoms. The number of benzene rings is 1. The molecule has 0 atom stereocenters. The summed E-state index contributed by atoms with van der Waals surface area (Å²) in [5.74, 6) is 0.658. The molecule has 1 aliphatic heterocycles. The molecule has 2 amide bonds. The molecular weight excluding hydrogens is 340 g/mol. The van der Waals surface area contributed by atoms with Gasteiger partial charge in [0.05, 0.1) is 24.3 Å². The maximum absolute atomic E-state index is 12.3. The van der Waals surface area contributed by atoms with Crippen molar-refractivity contribution in [2.45, 2.75) is 32.9 Å². The van der Waals surface area contributed by atoms with Crippen LogP contribution in [0.4, 0.5) is 4.79 Å². The average Bonchev–Trinajstić information content (AvgIpc) is 3.02. The van der Waals surface area contributed by atoms with Crippen LogP contribution in [0.25, 0.3) is 0 Å². The fourth-order valence-electron chi connectivity index (χ4n) is 2.96. The quantitative estimate of drug-likeness (QED) is 0.851. The zero-order valence-corrected chi connectivity index (χ0v) is 15.1. The van der Waals surface area contributed by atoms with Crippen molar-refractivity contribution >= 4 is 17.6 Å². The van der Waals surface area contributed by atoms with Gasteiger partial charge in [-0.05, 0) is 31.4 Å². The van der Waals surface area contributed by atoms with Crippen LogP contribution in [0.3, 0.4) is 0 Å². The van der Waals surface area contributed by atoms with Crippen molar-refractivity contribution in [3.05, 3.63) is 62.3 Å². The van der Waals surface area contributed by atoms with E-state index in [0.717, 1.165) is 23.4 Å². The lowest BCUT2D eigenvalue weighted by Gasteiger charge is -2.16. The number of nitrogens with zero attached hydrogens (tertiary/aromatic N) is 3. The Kier molecular flexibility index (Phi) is 5.08. The number of hydrogen-bond donors (Lipinski definition) is 1. The summed E-state index contributed by atoms with van der Waals surface area (Å²) < 4.78 is 1.52. The smallest absolute Gasteiger partial charge is 0.318 e. The molecule has 1 N–H and O–H groups in total. The first-order valence-electron chi connectivity index (χ1n) is 8.29. The molecule has 0 aliphatic carbocycles. The maximum Gasteiger partial charge on any atom is 0.318 e. The highest BCUT2D eigenvalue weighted by Crippen LogP contribution is 2.18. The van der Waals surface area contributed by atoms with Crippen molar-refractivity contribution in [1.29, 1.82) is 0 Å². The van der Waals surface area contributed by atoms with E-state index in [2.05, 4.69) is 10.3 Å². The van der Waals surface area contributed by atoms with E-state index < -0.39 is 0 Å². The molecule has 0 bridgehead atoms. The predicted molar refractivity (Wildman–Crippen MR) is 96.6 cm³/mol. The highest BCUT2D eigenvalue weighted by molar-refractivity contribution is 6.31. The van der Waals surface area contributed by atoms with Crippen molar-refractivity contribution in [2.75, 3.05) is 6.54 Å². The summed E-state index contributed by atoms with van der Waals surface area (Å²) in [5, 5.41) is 3.66. The molecule has 2 aromatic rings. The molecule has 0 saturated heterocycles. The zero-order chi connectivity index (χ0) is 18.0. The molecule has 0 fully saturated rings. The third-order valence-corrected chi connectivity index (χ3v) is 4.90. The van der Waals surface area contributed by atoms with Gasteiger partial charge in [0.15, 0.2) is 0 Å². The lowest BCUT2D eigenvalue weighted by molar-refractivity contribution is 0.198. The molecule has 2 heterocycles. The second-order valence-corrected chi connectivity index (χ2v) is 6.64. The summed E-state index contributed by atoms with van der Waals surface area (Å²) in [7, 11) is 1.70. The van der Waals surface area contributed by atoms with E-state index in [4.69, 9.17) is 11.6 Å². The first kappa shape index (κ1) is 17.5. The largest absolute Gasteiger partial charge is 0.338 e. The lowest BCUT2D eigenvalue weighted by atomic mass is 10.1. The van der Waals surface area contributed by atoms with Crippen molar-refractivity contribution in [3.8, 4) is 0 Å². The first-order valence-corrected chi connectivity index (χ1v) is 8.66. The number of hydrogen-bond acceptors (Lipinski definition) is 3. The van der Waals surface area contributed by atoms with Gasteiger partial charge >= 0.3 is 6.03 Å². The monoisotopic (exact) mass is 360 g/mol. The second kappa shape index (κ2) is 7.27. The molecule has 0 unspecified atom stereocenters. The summed E-state index contributed by atoms with van der Waals surface area (Å²) >= 11 is 6.13. The molecule has 1 aliphatic rings. The zero-order valence-electron chi connectivity index (χ0n) is 14.4. The summed E-state index contributed by atoms with van der Waals surface area (Å²) in [6, 6.07) is 7.55. The topological polar surface area (TPSA) is 67.2 Å². The van der Waals surface area contributed by atoms with Gasteiger partial charge in [-0.25, -0.2) is 9.78 Å². The Morgan fingerprint density at radius 1 is 1.32 bits per heavy atom. The van der Waals surface area contributed by atoms with E-state index in [0.29, 0.717) is 36.7 Å². The number of fused-ring (bicyclic) bond motifs is 1. The molecular formula is C18H21ClN4O2. The predicted octanol–water partition coefficient (Wildman–Crippen LogP) is 2.40. The Hall–Kier alpha value is -2.34. The van der Waals surface area contributed by atoms with Gasteiger partial charge in [-0.3, -0.25) is 9.36 Å². The van der Waals surface area contributed by atoms with Crippen LogP contribution in [0.2, 0.25) is 5.02 Å². The van der Waals surface area contributed by atoms with Crippen molar-refractivity contribution in [3.63, 3.8) is 0 Å². The summed E-state index contributed by atoms with van der Waals surface area (Å²) in [6.07, 6.45) is 1.61. The van der Waals surface area contributed by atoms with Crippen LogP contribution in [-0.4, -0.2) is 27.0 Å². The van der Waals surface area contributed by atoms with Gasteiger partial charge in [-0.1, -0.05) is 29.8 Å². The maximum atomic E-state index is 12.3. The van der Waals surface area contributed by atoms with Gasteiger partial charge in [0, 0.05) is 18.6 Å². The van der Waals surface area contributed by atoms with E-state index in [-0.39, 0.29) is 11.6 Å². The summed E-state index contributed by atoms with van der Waals surface area (Å²) in [6.45, 7) is 3.04. The number of halogens is 1. The van der Waals surface area contributed by atoms with E-state index in [1.165, 1.54) is 4.57 Å². The van der Waals surface area contributed by atoms with Crippen LogP contribution in [0.15, 0.2) is 29.1 Å². The van der Waals surface area contributed by atoms with Crippen LogP contribution >= 0.6 is 11.6 Å². The average molecular weight is 361 g/mol. The van der Waals surface area contributed by atoms with Crippen LogP contribution in [-0.2, 0) is 26.6 Å². The molecule has 6 nitrogen and oxygen atoms in total. The Balaban J connectivity index is 1.53. The van der Waals surface area contributed by atoms with Crippen LogP contribution in [0.1, 0.15) is 29.1 Å². The third kappa shape index (κ3) is 3.69. The second-order valence-electron chi connectivity index (χ2n) is 6.23. The number of amides is 2. The van der Waals surface area contributed by atoms with Crippen molar-refractivity contribution in [2.24, 2.45) is 7.05 Å². The van der Waals surface area contributed by atoms with Gasteiger partial charge < -0.3 is 10.2 Å². The van der Waals surface area contributed by atoms with Crippen molar-refractivity contribution in [1.82, 2.24) is 19.8 Å². The molecule has 0 spiro atoms.